The molecular formula is C5H13O13P3. The van der Waals surface area contributed by atoms with E-state index in [0.29, 0.717) is 0 Å². The van der Waals surface area contributed by atoms with Gasteiger partial charge in [-0.3, -0.25) is 13.6 Å². The molecular weight excluding hydrogens is 361 g/mol. The Morgan fingerprint density at radius 3 is 1.33 bits per heavy atom. The Kier molecular flexibility index (Phi) is 6.27. The molecule has 3 atom stereocenters. The fraction of sp³-hybridized carbons (Fsp3) is 1.00. The summed E-state index contributed by atoms with van der Waals surface area (Å²) in [6.45, 7) is -1.09. The van der Waals surface area contributed by atoms with Crippen molar-refractivity contribution in [3.63, 3.8) is 0 Å². The molecule has 0 aliphatic carbocycles. The second kappa shape index (κ2) is 6.81. The average molecular weight is 374 g/mol. The summed E-state index contributed by atoms with van der Waals surface area (Å²) in [7, 11) is -15.3. The van der Waals surface area contributed by atoms with E-state index in [1.54, 1.807) is 0 Å². The van der Waals surface area contributed by atoms with Gasteiger partial charge in [0, 0.05) is 0 Å². The smallest absolute Gasteiger partial charge is 0.376 e. The van der Waals surface area contributed by atoms with Crippen LogP contribution in [-0.4, -0.2) is 60.9 Å². The van der Waals surface area contributed by atoms with Crippen molar-refractivity contribution in [1.82, 2.24) is 0 Å². The molecule has 0 aromatic carbocycles. The van der Waals surface area contributed by atoms with Gasteiger partial charge in [-0.1, -0.05) is 0 Å². The number of rotatable bonds is 6. The van der Waals surface area contributed by atoms with Crippen LogP contribution in [0.15, 0.2) is 0 Å². The minimum absolute atomic E-state index is 0.545. The number of hydrogen-bond donors (Lipinski definition) is 6. The van der Waals surface area contributed by atoms with Gasteiger partial charge in [-0.2, -0.15) is 0 Å². The Labute approximate surface area is 117 Å². The summed E-state index contributed by atoms with van der Waals surface area (Å²) in [5.74, 6) is 0. The van der Waals surface area contributed by atoms with Gasteiger partial charge in [0.1, 0.15) is 18.3 Å². The van der Waals surface area contributed by atoms with Crippen molar-refractivity contribution in [2.45, 2.75) is 18.3 Å². The lowest BCUT2D eigenvalue weighted by Gasteiger charge is -2.36. The molecule has 0 saturated carbocycles. The van der Waals surface area contributed by atoms with Gasteiger partial charge in [0.05, 0.1) is 13.2 Å². The van der Waals surface area contributed by atoms with Crippen LogP contribution in [0.3, 0.4) is 0 Å². The highest BCUT2D eigenvalue weighted by Crippen LogP contribution is 2.47. The number of phosphoric acid groups is 3. The minimum atomic E-state index is -5.16. The van der Waals surface area contributed by atoms with E-state index < -0.39 is 55.0 Å². The van der Waals surface area contributed by atoms with Crippen molar-refractivity contribution in [1.29, 1.82) is 0 Å². The van der Waals surface area contributed by atoms with Gasteiger partial charge in [-0.15, -0.1) is 0 Å². The average Bonchev–Trinajstić information content (AvgIpc) is 2.16. The molecule has 0 bridgehead atoms. The van der Waals surface area contributed by atoms with Crippen molar-refractivity contribution in [2.75, 3.05) is 13.2 Å². The lowest BCUT2D eigenvalue weighted by Crippen LogP contribution is -2.50. The van der Waals surface area contributed by atoms with Gasteiger partial charge < -0.3 is 34.1 Å². The van der Waals surface area contributed by atoms with E-state index in [9.17, 15) is 13.7 Å². The number of ether oxygens (including phenoxy) is 1. The van der Waals surface area contributed by atoms with Crippen molar-refractivity contribution in [3.8, 4) is 0 Å². The molecule has 6 N–H and O–H groups in total. The van der Waals surface area contributed by atoms with E-state index in [0.717, 1.165) is 0 Å². The van der Waals surface area contributed by atoms with Crippen molar-refractivity contribution in [3.05, 3.63) is 0 Å². The third kappa shape index (κ3) is 7.91. The summed E-state index contributed by atoms with van der Waals surface area (Å²) >= 11 is 0. The normalized spacial score (nSPS) is 28.6. The van der Waals surface area contributed by atoms with Crippen molar-refractivity contribution in [2.24, 2.45) is 0 Å². The Morgan fingerprint density at radius 2 is 1.05 bits per heavy atom. The Morgan fingerprint density at radius 1 is 0.714 bits per heavy atom. The zero-order valence-electron chi connectivity index (χ0n) is 10.0. The second-order valence-corrected chi connectivity index (χ2v) is 7.44. The van der Waals surface area contributed by atoms with Crippen LogP contribution in [0, 0.1) is 0 Å². The topological polar surface area (TPSA) is 210 Å². The zero-order valence-corrected chi connectivity index (χ0v) is 12.7. The molecule has 1 fully saturated rings. The zero-order chi connectivity index (χ0) is 16.5. The van der Waals surface area contributed by atoms with Gasteiger partial charge in [0.25, 0.3) is 0 Å². The maximum absolute atomic E-state index is 10.9. The summed E-state index contributed by atoms with van der Waals surface area (Å²) in [6, 6.07) is 0. The Hall–Kier alpha value is 0.290. The molecule has 126 valence electrons. The van der Waals surface area contributed by atoms with E-state index >= 15 is 0 Å². The molecule has 16 heteroatoms. The minimum Gasteiger partial charge on any atom is -0.376 e. The summed E-state index contributed by atoms with van der Waals surface area (Å²) in [5.41, 5.74) is 0. The van der Waals surface area contributed by atoms with Crippen molar-refractivity contribution >= 4 is 23.5 Å². The van der Waals surface area contributed by atoms with Crippen LogP contribution >= 0.6 is 23.5 Å². The highest BCUT2D eigenvalue weighted by molar-refractivity contribution is 7.47. The summed E-state index contributed by atoms with van der Waals surface area (Å²) in [6.07, 6.45) is -5.31. The molecule has 13 nitrogen and oxygen atoms in total. The molecule has 21 heavy (non-hydrogen) atoms. The van der Waals surface area contributed by atoms with E-state index in [1.807, 2.05) is 0 Å². The molecule has 1 aliphatic rings. The van der Waals surface area contributed by atoms with Crippen LogP contribution in [-0.2, 0) is 32.0 Å². The fourth-order valence-corrected chi connectivity index (χ4v) is 3.21. The maximum Gasteiger partial charge on any atom is 0.470 e. The van der Waals surface area contributed by atoms with E-state index in [4.69, 9.17) is 34.1 Å². The summed E-state index contributed by atoms with van der Waals surface area (Å²) < 4.78 is 49.9. The molecule has 1 rings (SSSR count). The molecule has 1 saturated heterocycles. The maximum atomic E-state index is 10.9. The van der Waals surface area contributed by atoms with Gasteiger partial charge in [-0.25, -0.2) is 13.7 Å². The van der Waals surface area contributed by atoms with Crippen LogP contribution in [0.1, 0.15) is 0 Å². The summed E-state index contributed by atoms with van der Waals surface area (Å²) in [4.78, 5) is 52.3. The quantitative estimate of drug-likeness (QED) is 0.291. The van der Waals surface area contributed by atoms with Gasteiger partial charge in [0.15, 0.2) is 0 Å². The van der Waals surface area contributed by atoms with E-state index in [1.165, 1.54) is 0 Å². The Balaban J connectivity index is 2.98. The van der Waals surface area contributed by atoms with Crippen LogP contribution in [0.5, 0.6) is 0 Å². The third-order valence-corrected chi connectivity index (χ3v) is 3.71. The summed E-state index contributed by atoms with van der Waals surface area (Å²) in [5, 5.41) is 0. The monoisotopic (exact) mass is 374 g/mol. The molecule has 0 aromatic rings. The molecule has 1 aliphatic heterocycles. The largest absolute Gasteiger partial charge is 0.470 e. The Bertz CT molecular complexity index is 454. The van der Waals surface area contributed by atoms with Gasteiger partial charge >= 0.3 is 23.5 Å². The number of hydrogen-bond acceptors (Lipinski definition) is 7. The molecule has 0 radical (unpaired) electrons. The first-order valence-corrected chi connectivity index (χ1v) is 9.65. The molecule has 0 amide bonds. The van der Waals surface area contributed by atoms with Gasteiger partial charge in [-0.05, 0) is 0 Å². The molecule has 1 heterocycles. The number of phosphoric ester groups is 3. The lowest BCUT2D eigenvalue weighted by atomic mass is 10.1. The van der Waals surface area contributed by atoms with Crippen LogP contribution in [0.2, 0.25) is 0 Å². The molecule has 1 unspecified atom stereocenters. The van der Waals surface area contributed by atoms with Crippen LogP contribution in [0.4, 0.5) is 0 Å². The highest BCUT2D eigenvalue weighted by atomic mass is 31.2. The van der Waals surface area contributed by atoms with Crippen LogP contribution < -0.4 is 0 Å². The molecule has 0 aromatic heterocycles. The van der Waals surface area contributed by atoms with Gasteiger partial charge in [0.2, 0.25) is 0 Å². The standard InChI is InChI=1S/C5H13O13P3/c6-19(7,8)16-3-1-15-2-4(17-20(9,10)11)5(3)18-21(12,13)14/h3-5H,1-2H2,(H2,6,7,8)(H2,9,10,11)(H2,12,13,14)/t3-,4+,5?. The van der Waals surface area contributed by atoms with Crippen LogP contribution in [0.25, 0.3) is 0 Å². The lowest BCUT2D eigenvalue weighted by molar-refractivity contribution is -0.138. The van der Waals surface area contributed by atoms with E-state index in [2.05, 4.69) is 13.6 Å². The van der Waals surface area contributed by atoms with E-state index in [-0.39, 0.29) is 0 Å². The predicted molar refractivity (Wildman–Crippen MR) is 61.6 cm³/mol. The highest BCUT2D eigenvalue weighted by Gasteiger charge is 2.45. The van der Waals surface area contributed by atoms with Crippen molar-refractivity contribution < 1.29 is 61.4 Å². The second-order valence-electron chi connectivity index (χ2n) is 3.87. The fourth-order valence-electron chi connectivity index (χ4n) is 1.56. The third-order valence-electron chi connectivity index (χ3n) is 2.10. The SMILES string of the molecule is O=P(O)(O)OC1[C@@H](OP(=O)(O)O)COC[C@H]1OP(=O)(O)O. The molecule has 0 spiro atoms. The first-order chi connectivity index (χ1) is 9.27. The first kappa shape index (κ1) is 19.3. The first-order valence-electron chi connectivity index (χ1n) is 5.06. The predicted octanol–water partition coefficient (Wildman–Crippen LogP) is -1.55.